The molecule has 0 aliphatic heterocycles. The van der Waals surface area contributed by atoms with Gasteiger partial charge in [-0.3, -0.25) is 0 Å². The van der Waals surface area contributed by atoms with Crippen LogP contribution in [0.2, 0.25) is 0 Å². The molecule has 30 heavy (non-hydrogen) atoms. The minimum absolute atomic E-state index is 0.470. The average Bonchev–Trinajstić information content (AvgIpc) is 2.77. The molecular weight excluding hydrogens is 390 g/mol. The monoisotopic (exact) mass is 421 g/mol. The van der Waals surface area contributed by atoms with Crippen molar-refractivity contribution in [3.8, 4) is 6.19 Å². The van der Waals surface area contributed by atoms with Gasteiger partial charge < -0.3 is 5.32 Å². The zero-order chi connectivity index (χ0) is 22.9. The van der Waals surface area contributed by atoms with Crippen molar-refractivity contribution in [2.45, 2.75) is 34.6 Å². The van der Waals surface area contributed by atoms with Gasteiger partial charge in [0.15, 0.2) is 6.19 Å². The number of thioether (sulfide) groups is 1. The van der Waals surface area contributed by atoms with Gasteiger partial charge in [0.25, 0.3) is 0 Å². The third-order valence-electron chi connectivity index (χ3n) is 3.75. The predicted octanol–water partition coefficient (Wildman–Crippen LogP) is 7.80. The van der Waals surface area contributed by atoms with Crippen LogP contribution >= 0.6 is 11.8 Å². The van der Waals surface area contributed by atoms with Gasteiger partial charge in [-0.1, -0.05) is 57.3 Å². The molecule has 0 atom stereocenters. The quantitative estimate of drug-likeness (QED) is 0.304. The van der Waals surface area contributed by atoms with E-state index in [9.17, 15) is 4.79 Å². The number of hydrogen-bond acceptors (Lipinski definition) is 3. The Kier molecular flexibility index (Phi) is 14.0. The Balaban J connectivity index is 0.000000712. The van der Waals surface area contributed by atoms with Gasteiger partial charge >= 0.3 is 6.03 Å². The number of hydrogen-bond donors (Lipinski definition) is 1. The van der Waals surface area contributed by atoms with Crippen molar-refractivity contribution in [2.75, 3.05) is 10.2 Å². The highest BCUT2D eigenvalue weighted by molar-refractivity contribution is 8.04. The van der Waals surface area contributed by atoms with Crippen molar-refractivity contribution in [1.29, 1.82) is 5.26 Å². The zero-order valence-electron chi connectivity index (χ0n) is 18.5. The molecule has 0 unspecified atom stereocenters. The Bertz CT molecular complexity index is 883. The topological polar surface area (TPSA) is 56.1 Å². The molecular formula is C25H31N3OS. The van der Waals surface area contributed by atoms with E-state index >= 15 is 0 Å². The third-order valence-corrected chi connectivity index (χ3v) is 4.45. The average molecular weight is 422 g/mol. The maximum Gasteiger partial charge on any atom is 0.339 e. The Morgan fingerprint density at radius 1 is 1.10 bits per heavy atom. The summed E-state index contributed by atoms with van der Waals surface area (Å²) in [5.74, 6) is 0. The van der Waals surface area contributed by atoms with Crippen LogP contribution in [0.3, 0.4) is 0 Å². The number of anilines is 2. The van der Waals surface area contributed by atoms with E-state index in [1.807, 2.05) is 76.6 Å². The number of carbonyl (C=O) groups excluding carboxylic acids is 1. The molecule has 0 radical (unpaired) electrons. The fourth-order valence-corrected chi connectivity index (χ4v) is 2.41. The van der Waals surface area contributed by atoms with Gasteiger partial charge in [0.05, 0.1) is 5.69 Å². The van der Waals surface area contributed by atoms with Gasteiger partial charge in [-0.15, -0.1) is 11.8 Å². The lowest BCUT2D eigenvalue weighted by Gasteiger charge is -2.15. The van der Waals surface area contributed by atoms with Crippen molar-refractivity contribution < 1.29 is 4.79 Å². The van der Waals surface area contributed by atoms with Crippen molar-refractivity contribution in [1.82, 2.24) is 0 Å². The number of para-hydroxylation sites is 1. The molecule has 2 aromatic carbocycles. The molecule has 0 aromatic heterocycles. The van der Waals surface area contributed by atoms with E-state index in [2.05, 4.69) is 18.5 Å². The van der Waals surface area contributed by atoms with E-state index in [1.165, 1.54) is 5.57 Å². The number of nitrogens with one attached hydrogen (secondary N) is 1. The van der Waals surface area contributed by atoms with E-state index in [4.69, 9.17) is 5.26 Å². The lowest BCUT2D eigenvalue weighted by atomic mass is 10.1. The van der Waals surface area contributed by atoms with Gasteiger partial charge in [0, 0.05) is 5.69 Å². The van der Waals surface area contributed by atoms with E-state index in [-0.39, 0.29) is 0 Å². The van der Waals surface area contributed by atoms with Crippen molar-refractivity contribution in [3.63, 3.8) is 0 Å². The van der Waals surface area contributed by atoms with Gasteiger partial charge in [-0.25, -0.2) is 4.79 Å². The van der Waals surface area contributed by atoms with E-state index in [0.717, 1.165) is 16.0 Å². The fraction of sp³-hybridized carbons (Fsp3) is 0.200. The van der Waals surface area contributed by atoms with Gasteiger partial charge in [0.1, 0.15) is 0 Å². The first-order valence-corrected chi connectivity index (χ1v) is 10.6. The summed E-state index contributed by atoms with van der Waals surface area (Å²) in [4.78, 5) is 13.2. The SMILES string of the molecule is C=CS/C=C(\C)C=C.CC.Cc1ccc(NC(=O)N(C#N)c2ccccc2)cc1C. The maximum absolute atomic E-state index is 12.1. The first kappa shape index (κ1) is 26.8. The highest BCUT2D eigenvalue weighted by atomic mass is 32.2. The van der Waals surface area contributed by atoms with Crippen molar-refractivity contribution in [2.24, 2.45) is 0 Å². The molecule has 2 rings (SSSR count). The third kappa shape index (κ3) is 9.81. The summed E-state index contributed by atoms with van der Waals surface area (Å²) in [5.41, 5.74) is 4.63. The van der Waals surface area contributed by atoms with E-state index < -0.39 is 6.03 Å². The van der Waals surface area contributed by atoms with Crippen LogP contribution in [0.5, 0.6) is 0 Å². The van der Waals surface area contributed by atoms with Crippen LogP contribution in [-0.4, -0.2) is 6.03 Å². The van der Waals surface area contributed by atoms with Gasteiger partial charge in [-0.2, -0.15) is 10.2 Å². The summed E-state index contributed by atoms with van der Waals surface area (Å²) in [7, 11) is 0. The molecule has 0 aliphatic rings. The smallest absolute Gasteiger partial charge is 0.307 e. The minimum atomic E-state index is -0.470. The summed E-state index contributed by atoms with van der Waals surface area (Å²) < 4.78 is 0. The standard InChI is InChI=1S/C16H15N3O.C7H10S.C2H6/c1-12-8-9-14(10-13(12)2)18-16(20)19(11-17)15-6-4-3-5-7-15;1-4-7(3)6-8-5-2;1-2/h3-10H,1-2H3,(H,18,20);4-6H,1-2H2,3H3;1-2H3/b;7-6+;. The molecule has 158 valence electrons. The summed E-state index contributed by atoms with van der Waals surface area (Å²) in [6.07, 6.45) is 3.70. The van der Waals surface area contributed by atoms with Crippen molar-refractivity contribution in [3.05, 3.63) is 95.3 Å². The normalized spacial score (nSPS) is 9.53. The molecule has 0 saturated carbocycles. The maximum atomic E-state index is 12.1. The Labute approximate surface area is 185 Å². The summed E-state index contributed by atoms with van der Waals surface area (Å²) in [5, 5.41) is 15.7. The molecule has 0 spiro atoms. The number of aryl methyl sites for hydroxylation is 2. The summed E-state index contributed by atoms with van der Waals surface area (Å²) in [6, 6.07) is 14.0. The largest absolute Gasteiger partial charge is 0.339 e. The molecule has 4 nitrogen and oxygen atoms in total. The second-order valence-corrected chi connectivity index (χ2v) is 6.71. The van der Waals surface area contributed by atoms with Crippen LogP contribution in [0.4, 0.5) is 16.2 Å². The summed E-state index contributed by atoms with van der Waals surface area (Å²) in [6.45, 7) is 17.1. The van der Waals surface area contributed by atoms with Crippen LogP contribution in [0.1, 0.15) is 31.9 Å². The molecule has 2 amide bonds. The Morgan fingerprint density at radius 3 is 2.23 bits per heavy atom. The number of nitriles is 1. The van der Waals surface area contributed by atoms with Crippen molar-refractivity contribution >= 4 is 29.2 Å². The second-order valence-electron chi connectivity index (χ2n) is 5.87. The highest BCUT2D eigenvalue weighted by Gasteiger charge is 2.15. The number of nitrogens with zero attached hydrogens (tertiary/aromatic N) is 2. The second kappa shape index (κ2) is 15.7. The highest BCUT2D eigenvalue weighted by Crippen LogP contribution is 2.17. The molecule has 0 fully saturated rings. The number of rotatable bonds is 5. The number of allylic oxidation sites excluding steroid dienone is 2. The molecule has 5 heteroatoms. The van der Waals surface area contributed by atoms with Crippen LogP contribution in [-0.2, 0) is 0 Å². The summed E-state index contributed by atoms with van der Waals surface area (Å²) >= 11 is 1.57. The molecule has 0 heterocycles. The van der Waals surface area contributed by atoms with E-state index in [1.54, 1.807) is 41.4 Å². The predicted molar refractivity (Wildman–Crippen MR) is 133 cm³/mol. The van der Waals surface area contributed by atoms with Crippen LogP contribution in [0.15, 0.2) is 84.2 Å². The Morgan fingerprint density at radius 2 is 1.73 bits per heavy atom. The zero-order valence-corrected chi connectivity index (χ0v) is 19.3. The van der Waals surface area contributed by atoms with Gasteiger partial charge in [0.2, 0.25) is 0 Å². The number of benzene rings is 2. The first-order valence-electron chi connectivity index (χ1n) is 9.61. The number of carbonyl (C=O) groups is 1. The lowest BCUT2D eigenvalue weighted by molar-refractivity contribution is 0.259. The van der Waals surface area contributed by atoms with Gasteiger partial charge in [-0.05, 0) is 72.6 Å². The molecule has 1 N–H and O–H groups in total. The molecule has 0 bridgehead atoms. The van der Waals surface area contributed by atoms with Crippen LogP contribution < -0.4 is 10.2 Å². The fourth-order valence-electron chi connectivity index (χ4n) is 2.00. The Hall–Kier alpha value is -3.23. The molecule has 0 aliphatic carbocycles. The molecule has 0 saturated heterocycles. The minimum Gasteiger partial charge on any atom is -0.307 e. The van der Waals surface area contributed by atoms with Crippen LogP contribution in [0, 0.1) is 25.3 Å². The first-order chi connectivity index (χ1) is 14.4. The molecule has 2 aromatic rings. The van der Waals surface area contributed by atoms with E-state index in [0.29, 0.717) is 11.4 Å². The number of amides is 2. The van der Waals surface area contributed by atoms with Crippen LogP contribution in [0.25, 0.3) is 0 Å². The lowest BCUT2D eigenvalue weighted by Crippen LogP contribution is -2.30. The number of urea groups is 1.